The monoisotopic (exact) mass is 251 g/mol. The highest BCUT2D eigenvalue weighted by Crippen LogP contribution is 2.32. The molecule has 0 bridgehead atoms. The fourth-order valence-corrected chi connectivity index (χ4v) is 2.55. The van der Waals surface area contributed by atoms with E-state index in [-0.39, 0.29) is 6.04 Å². The van der Waals surface area contributed by atoms with Gasteiger partial charge in [-0.15, -0.1) is 0 Å². The minimum absolute atomic E-state index is 0.221. The van der Waals surface area contributed by atoms with Crippen molar-refractivity contribution in [1.29, 1.82) is 0 Å². The van der Waals surface area contributed by atoms with Crippen LogP contribution in [0, 0.1) is 12.8 Å². The second kappa shape index (κ2) is 4.71. The predicted molar refractivity (Wildman–Crippen MR) is 72.6 cm³/mol. The Morgan fingerprint density at radius 3 is 2.53 bits per heavy atom. The minimum atomic E-state index is 0.221. The Hall–Kier alpha value is -0.990. The third kappa shape index (κ3) is 2.33. The van der Waals surface area contributed by atoms with Crippen molar-refractivity contribution in [2.75, 3.05) is 7.05 Å². The molecule has 92 valence electrons. The summed E-state index contributed by atoms with van der Waals surface area (Å²) in [6.45, 7) is 6.37. The summed E-state index contributed by atoms with van der Waals surface area (Å²) in [5, 5.41) is 5.04. The molecule has 17 heavy (non-hydrogen) atoms. The lowest BCUT2D eigenvalue weighted by Crippen LogP contribution is -2.20. The van der Waals surface area contributed by atoms with Gasteiger partial charge in [0.2, 0.25) is 0 Å². The molecule has 0 saturated heterocycles. The molecule has 1 heterocycles. The van der Waals surface area contributed by atoms with Crippen LogP contribution in [0.2, 0.25) is 5.02 Å². The highest BCUT2D eigenvalue weighted by molar-refractivity contribution is 6.34. The quantitative estimate of drug-likeness (QED) is 0.879. The van der Waals surface area contributed by atoms with Crippen LogP contribution in [0.15, 0.2) is 22.6 Å². The summed E-state index contributed by atoms with van der Waals surface area (Å²) < 4.78 is 5.87. The van der Waals surface area contributed by atoms with Crippen LogP contribution in [0.4, 0.5) is 0 Å². The molecule has 1 aromatic carbocycles. The number of halogens is 1. The van der Waals surface area contributed by atoms with Crippen LogP contribution in [0.5, 0.6) is 0 Å². The second-order valence-corrected chi connectivity index (χ2v) is 5.23. The molecule has 0 aliphatic rings. The number of furan rings is 1. The number of rotatable bonds is 3. The average Bonchev–Trinajstić information content (AvgIpc) is 2.61. The first-order valence-electron chi connectivity index (χ1n) is 5.89. The van der Waals surface area contributed by atoms with Crippen LogP contribution < -0.4 is 5.32 Å². The maximum atomic E-state index is 6.19. The fourth-order valence-electron chi connectivity index (χ4n) is 2.23. The summed E-state index contributed by atoms with van der Waals surface area (Å²) in [4.78, 5) is 0. The Kier molecular flexibility index (Phi) is 3.45. The maximum absolute atomic E-state index is 6.19. The number of nitrogens with one attached hydrogen (secondary N) is 1. The summed E-state index contributed by atoms with van der Waals surface area (Å²) in [7, 11) is 1.95. The molecule has 0 amide bonds. The van der Waals surface area contributed by atoms with E-state index in [9.17, 15) is 0 Å². The zero-order chi connectivity index (χ0) is 12.6. The fraction of sp³-hybridized carbons (Fsp3) is 0.429. The smallest absolute Gasteiger partial charge is 0.152 e. The molecular weight excluding hydrogens is 234 g/mol. The number of benzene rings is 1. The van der Waals surface area contributed by atoms with E-state index in [1.54, 1.807) is 0 Å². The standard InChI is InChI=1S/C14H18ClNO/c1-8(2)13(16-4)12-7-10-5-9(3)6-11(15)14(10)17-12/h5-8,13,16H,1-4H3. The van der Waals surface area contributed by atoms with Gasteiger partial charge in [0.25, 0.3) is 0 Å². The predicted octanol–water partition coefficient (Wildman–Crippen LogP) is 4.31. The van der Waals surface area contributed by atoms with Gasteiger partial charge < -0.3 is 9.73 Å². The zero-order valence-electron chi connectivity index (χ0n) is 10.7. The summed E-state index contributed by atoms with van der Waals surface area (Å²) in [5.74, 6) is 1.42. The Morgan fingerprint density at radius 1 is 1.24 bits per heavy atom. The molecule has 2 nitrogen and oxygen atoms in total. The van der Waals surface area contributed by atoms with E-state index in [2.05, 4.69) is 31.3 Å². The lowest BCUT2D eigenvalue weighted by atomic mass is 10.0. The van der Waals surface area contributed by atoms with Gasteiger partial charge in [0.05, 0.1) is 11.1 Å². The molecule has 0 fully saturated rings. The van der Waals surface area contributed by atoms with Gasteiger partial charge in [0.1, 0.15) is 5.76 Å². The first-order chi connectivity index (χ1) is 8.02. The van der Waals surface area contributed by atoms with Crippen molar-refractivity contribution in [1.82, 2.24) is 5.32 Å². The van der Waals surface area contributed by atoms with Crippen LogP contribution in [0.3, 0.4) is 0 Å². The van der Waals surface area contributed by atoms with Crippen LogP contribution in [-0.4, -0.2) is 7.05 Å². The minimum Gasteiger partial charge on any atom is -0.458 e. The summed E-state index contributed by atoms with van der Waals surface area (Å²) >= 11 is 6.19. The molecule has 1 atom stereocenters. The first kappa shape index (κ1) is 12.5. The Balaban J connectivity index is 2.54. The SMILES string of the molecule is CNC(c1cc2cc(C)cc(Cl)c2o1)C(C)C. The second-order valence-electron chi connectivity index (χ2n) is 4.82. The number of hydrogen-bond donors (Lipinski definition) is 1. The average molecular weight is 252 g/mol. The van der Waals surface area contributed by atoms with E-state index >= 15 is 0 Å². The molecule has 0 spiro atoms. The first-order valence-corrected chi connectivity index (χ1v) is 6.27. The summed E-state index contributed by atoms with van der Waals surface area (Å²) in [5.41, 5.74) is 1.94. The van der Waals surface area contributed by atoms with Crippen LogP contribution >= 0.6 is 11.6 Å². The topological polar surface area (TPSA) is 25.2 Å². The van der Waals surface area contributed by atoms with Crippen molar-refractivity contribution in [2.24, 2.45) is 5.92 Å². The molecular formula is C14H18ClNO. The van der Waals surface area contributed by atoms with E-state index in [4.69, 9.17) is 16.0 Å². The normalized spacial score (nSPS) is 13.5. The van der Waals surface area contributed by atoms with Gasteiger partial charge in [-0.05, 0) is 43.7 Å². The zero-order valence-corrected chi connectivity index (χ0v) is 11.4. The summed E-state index contributed by atoms with van der Waals surface area (Å²) in [6.07, 6.45) is 0. The van der Waals surface area contributed by atoms with Crippen molar-refractivity contribution >= 4 is 22.6 Å². The third-order valence-corrected chi connectivity index (χ3v) is 3.30. The number of fused-ring (bicyclic) bond motifs is 1. The molecule has 1 aromatic heterocycles. The van der Waals surface area contributed by atoms with Crippen molar-refractivity contribution in [3.05, 3.63) is 34.5 Å². The van der Waals surface area contributed by atoms with E-state index < -0.39 is 0 Å². The Labute approximate surface area is 107 Å². The lowest BCUT2D eigenvalue weighted by Gasteiger charge is -2.17. The van der Waals surface area contributed by atoms with Crippen LogP contribution in [0.25, 0.3) is 11.0 Å². The van der Waals surface area contributed by atoms with E-state index in [0.717, 1.165) is 22.3 Å². The molecule has 1 N–H and O–H groups in total. The van der Waals surface area contributed by atoms with Crippen LogP contribution in [0.1, 0.15) is 31.2 Å². The van der Waals surface area contributed by atoms with Crippen molar-refractivity contribution < 1.29 is 4.42 Å². The molecule has 3 heteroatoms. The van der Waals surface area contributed by atoms with Crippen molar-refractivity contribution in [3.63, 3.8) is 0 Å². The van der Waals surface area contributed by atoms with Gasteiger partial charge in [-0.3, -0.25) is 0 Å². The van der Waals surface area contributed by atoms with E-state index in [0.29, 0.717) is 10.9 Å². The van der Waals surface area contributed by atoms with Crippen molar-refractivity contribution in [3.8, 4) is 0 Å². The Bertz CT molecular complexity index is 530. The van der Waals surface area contributed by atoms with Gasteiger partial charge in [0, 0.05) is 5.39 Å². The van der Waals surface area contributed by atoms with Gasteiger partial charge in [-0.1, -0.05) is 25.4 Å². The van der Waals surface area contributed by atoms with E-state index in [1.807, 2.05) is 20.0 Å². The Morgan fingerprint density at radius 2 is 1.94 bits per heavy atom. The molecule has 0 aliphatic carbocycles. The van der Waals surface area contributed by atoms with Gasteiger partial charge in [-0.25, -0.2) is 0 Å². The number of aryl methyl sites for hydroxylation is 1. The highest BCUT2D eigenvalue weighted by Gasteiger charge is 2.19. The molecule has 0 saturated carbocycles. The summed E-state index contributed by atoms with van der Waals surface area (Å²) in [6, 6.07) is 6.33. The molecule has 0 radical (unpaired) electrons. The number of hydrogen-bond acceptors (Lipinski definition) is 2. The van der Waals surface area contributed by atoms with Crippen molar-refractivity contribution in [2.45, 2.75) is 26.8 Å². The lowest BCUT2D eigenvalue weighted by molar-refractivity contribution is 0.371. The van der Waals surface area contributed by atoms with Gasteiger partial charge >= 0.3 is 0 Å². The third-order valence-electron chi connectivity index (χ3n) is 3.02. The van der Waals surface area contributed by atoms with Crippen LogP contribution in [-0.2, 0) is 0 Å². The van der Waals surface area contributed by atoms with E-state index in [1.165, 1.54) is 0 Å². The highest BCUT2D eigenvalue weighted by atomic mass is 35.5. The van der Waals surface area contributed by atoms with Gasteiger partial charge in [-0.2, -0.15) is 0 Å². The molecule has 2 aromatic rings. The molecule has 0 aliphatic heterocycles. The maximum Gasteiger partial charge on any atom is 0.152 e. The molecule has 2 rings (SSSR count). The largest absolute Gasteiger partial charge is 0.458 e. The molecule has 1 unspecified atom stereocenters. The van der Waals surface area contributed by atoms with Gasteiger partial charge in [0.15, 0.2) is 5.58 Å².